The summed E-state index contributed by atoms with van der Waals surface area (Å²) in [4.78, 5) is 19.1. The number of H-pyrrole nitrogens is 1. The summed E-state index contributed by atoms with van der Waals surface area (Å²) in [6.07, 6.45) is 0. The molecule has 0 aliphatic carbocycles. The lowest BCUT2D eigenvalue weighted by Gasteiger charge is -2.05. The van der Waals surface area contributed by atoms with Crippen molar-refractivity contribution < 1.29 is 8.78 Å². The van der Waals surface area contributed by atoms with E-state index in [1.54, 1.807) is 12.1 Å². The van der Waals surface area contributed by atoms with Gasteiger partial charge in [-0.15, -0.1) is 11.8 Å². The third kappa shape index (κ3) is 3.13. The molecule has 0 fully saturated rings. The van der Waals surface area contributed by atoms with Crippen molar-refractivity contribution in [3.05, 3.63) is 69.2 Å². The van der Waals surface area contributed by atoms with Gasteiger partial charge in [-0.1, -0.05) is 11.6 Å². The van der Waals surface area contributed by atoms with E-state index in [9.17, 15) is 13.6 Å². The second-order valence-corrected chi connectivity index (χ2v) is 5.99. The molecule has 22 heavy (non-hydrogen) atoms. The minimum Gasteiger partial charge on any atom is -0.309 e. The summed E-state index contributed by atoms with van der Waals surface area (Å²) in [6.45, 7) is 0. The van der Waals surface area contributed by atoms with Crippen LogP contribution in [-0.4, -0.2) is 9.97 Å². The van der Waals surface area contributed by atoms with E-state index in [0.29, 0.717) is 21.7 Å². The molecule has 0 spiro atoms. The summed E-state index contributed by atoms with van der Waals surface area (Å²) in [5, 5.41) is 0.835. The van der Waals surface area contributed by atoms with Crippen LogP contribution in [0.15, 0.2) is 46.1 Å². The molecule has 0 atom stereocenters. The first-order chi connectivity index (χ1) is 10.5. The van der Waals surface area contributed by atoms with E-state index in [1.807, 2.05) is 0 Å². The summed E-state index contributed by atoms with van der Waals surface area (Å²) < 4.78 is 26.7. The molecule has 0 unspecified atom stereocenters. The third-order valence-corrected chi connectivity index (χ3v) is 4.25. The second kappa shape index (κ2) is 6.06. The monoisotopic (exact) mass is 338 g/mol. The Balaban J connectivity index is 1.90. The molecular weight excluding hydrogens is 330 g/mol. The fourth-order valence-electron chi connectivity index (χ4n) is 1.96. The first-order valence-electron chi connectivity index (χ1n) is 6.29. The fraction of sp³-hybridized carbons (Fsp3) is 0.0667. The molecule has 3 rings (SSSR count). The van der Waals surface area contributed by atoms with Crippen LogP contribution in [0.2, 0.25) is 5.02 Å². The molecule has 3 nitrogen and oxygen atoms in total. The number of aromatic nitrogens is 2. The maximum atomic E-state index is 13.6. The zero-order chi connectivity index (χ0) is 15.7. The van der Waals surface area contributed by atoms with Crippen molar-refractivity contribution in [3.8, 4) is 0 Å². The van der Waals surface area contributed by atoms with Crippen molar-refractivity contribution in [2.75, 3.05) is 0 Å². The summed E-state index contributed by atoms with van der Waals surface area (Å²) in [7, 11) is 0. The number of fused-ring (bicyclic) bond motifs is 1. The van der Waals surface area contributed by atoms with Crippen LogP contribution in [0, 0.1) is 11.6 Å². The highest BCUT2D eigenvalue weighted by atomic mass is 35.5. The van der Waals surface area contributed by atoms with Crippen LogP contribution >= 0.6 is 23.4 Å². The van der Waals surface area contributed by atoms with Gasteiger partial charge in [0, 0.05) is 9.92 Å². The quantitative estimate of drug-likeness (QED) is 0.730. The van der Waals surface area contributed by atoms with Gasteiger partial charge < -0.3 is 4.98 Å². The van der Waals surface area contributed by atoms with Gasteiger partial charge in [-0.05, 0) is 36.4 Å². The molecule has 2 aromatic carbocycles. The molecule has 0 bridgehead atoms. The molecule has 0 aliphatic heterocycles. The lowest BCUT2D eigenvalue weighted by molar-refractivity contribution is 0.577. The summed E-state index contributed by atoms with van der Waals surface area (Å²) in [5.41, 5.74) is 0.186. The number of rotatable bonds is 3. The van der Waals surface area contributed by atoms with Crippen molar-refractivity contribution in [3.63, 3.8) is 0 Å². The smallest absolute Gasteiger partial charge is 0.258 e. The first-order valence-corrected chi connectivity index (χ1v) is 7.65. The summed E-state index contributed by atoms with van der Waals surface area (Å²) in [6, 6.07) is 8.05. The maximum absolute atomic E-state index is 13.6. The van der Waals surface area contributed by atoms with Gasteiger partial charge in [0.25, 0.3) is 5.56 Å². The minimum atomic E-state index is -0.515. The maximum Gasteiger partial charge on any atom is 0.258 e. The Morgan fingerprint density at radius 2 is 2.00 bits per heavy atom. The van der Waals surface area contributed by atoms with Gasteiger partial charge in [-0.2, -0.15) is 0 Å². The van der Waals surface area contributed by atoms with E-state index < -0.39 is 11.6 Å². The van der Waals surface area contributed by atoms with Crippen LogP contribution in [0.5, 0.6) is 0 Å². The average Bonchev–Trinajstić information content (AvgIpc) is 2.49. The number of aromatic amines is 1. The number of halogens is 3. The lowest BCUT2D eigenvalue weighted by atomic mass is 10.2. The van der Waals surface area contributed by atoms with E-state index in [-0.39, 0.29) is 16.2 Å². The number of hydrogen-bond donors (Lipinski definition) is 1. The molecule has 112 valence electrons. The number of hydrogen-bond acceptors (Lipinski definition) is 3. The van der Waals surface area contributed by atoms with Crippen molar-refractivity contribution in [1.29, 1.82) is 0 Å². The number of thioether (sulfide) groups is 1. The lowest BCUT2D eigenvalue weighted by Crippen LogP contribution is -2.11. The van der Waals surface area contributed by atoms with E-state index in [1.165, 1.54) is 6.07 Å². The van der Waals surface area contributed by atoms with Crippen LogP contribution < -0.4 is 5.56 Å². The summed E-state index contributed by atoms with van der Waals surface area (Å²) >= 11 is 6.90. The molecule has 0 saturated heterocycles. The van der Waals surface area contributed by atoms with Crippen LogP contribution in [-0.2, 0) is 5.75 Å². The van der Waals surface area contributed by atoms with Gasteiger partial charge in [0.15, 0.2) is 0 Å². The average molecular weight is 339 g/mol. The van der Waals surface area contributed by atoms with Crippen LogP contribution in [0.25, 0.3) is 10.9 Å². The number of nitrogens with zero attached hydrogens (tertiary/aromatic N) is 1. The Bertz CT molecular complexity index is 914. The fourth-order valence-corrected chi connectivity index (χ4v) is 2.96. The predicted molar refractivity (Wildman–Crippen MR) is 83.3 cm³/mol. The van der Waals surface area contributed by atoms with Crippen LogP contribution in [0.1, 0.15) is 5.82 Å². The topological polar surface area (TPSA) is 45.8 Å². The van der Waals surface area contributed by atoms with Gasteiger partial charge in [0.2, 0.25) is 0 Å². The highest BCUT2D eigenvalue weighted by Crippen LogP contribution is 2.25. The van der Waals surface area contributed by atoms with E-state index in [4.69, 9.17) is 11.6 Å². The number of benzene rings is 2. The normalized spacial score (nSPS) is 11.0. The molecular formula is C15H9ClF2N2OS. The SMILES string of the molecule is O=c1[nH]c(CSc2cc(F)ccc2F)nc2ccc(Cl)cc12. The molecule has 0 saturated carbocycles. The number of nitrogens with one attached hydrogen (secondary N) is 1. The van der Waals surface area contributed by atoms with Crippen molar-refractivity contribution in [2.45, 2.75) is 10.6 Å². The third-order valence-electron chi connectivity index (χ3n) is 2.97. The first kappa shape index (κ1) is 15.0. The predicted octanol–water partition coefficient (Wildman–Crippen LogP) is 4.15. The largest absolute Gasteiger partial charge is 0.309 e. The molecule has 7 heteroatoms. The van der Waals surface area contributed by atoms with Crippen LogP contribution in [0.4, 0.5) is 8.78 Å². The highest BCUT2D eigenvalue weighted by molar-refractivity contribution is 7.98. The second-order valence-electron chi connectivity index (χ2n) is 4.54. The van der Waals surface area contributed by atoms with Gasteiger partial charge in [0.1, 0.15) is 17.5 Å². The summed E-state index contributed by atoms with van der Waals surface area (Å²) in [5.74, 6) is -0.429. The molecule has 0 aliphatic rings. The molecule has 1 aromatic heterocycles. The van der Waals surface area contributed by atoms with Gasteiger partial charge in [-0.25, -0.2) is 13.8 Å². The molecule has 1 heterocycles. The highest BCUT2D eigenvalue weighted by Gasteiger charge is 2.08. The van der Waals surface area contributed by atoms with E-state index in [0.717, 1.165) is 30.0 Å². The van der Waals surface area contributed by atoms with Crippen molar-refractivity contribution in [1.82, 2.24) is 9.97 Å². The van der Waals surface area contributed by atoms with Gasteiger partial charge in [-0.3, -0.25) is 4.79 Å². The van der Waals surface area contributed by atoms with Crippen molar-refractivity contribution >= 4 is 34.3 Å². The standard InChI is InChI=1S/C15H9ClF2N2OS/c16-8-1-4-12-10(5-8)15(21)20-14(19-12)7-22-13-6-9(17)2-3-11(13)18/h1-6H,7H2,(H,19,20,21). The van der Waals surface area contributed by atoms with Gasteiger partial charge >= 0.3 is 0 Å². The molecule has 1 N–H and O–H groups in total. The zero-order valence-electron chi connectivity index (χ0n) is 11.1. The molecule has 3 aromatic rings. The van der Waals surface area contributed by atoms with Crippen molar-refractivity contribution in [2.24, 2.45) is 0 Å². The molecule has 0 radical (unpaired) electrons. The Morgan fingerprint density at radius 3 is 2.82 bits per heavy atom. The Hall–Kier alpha value is -1.92. The van der Waals surface area contributed by atoms with E-state index in [2.05, 4.69) is 9.97 Å². The Kier molecular flexibility index (Phi) is 4.13. The van der Waals surface area contributed by atoms with Crippen LogP contribution in [0.3, 0.4) is 0 Å². The Morgan fingerprint density at radius 1 is 1.18 bits per heavy atom. The van der Waals surface area contributed by atoms with Gasteiger partial charge in [0.05, 0.1) is 16.7 Å². The zero-order valence-corrected chi connectivity index (χ0v) is 12.6. The minimum absolute atomic E-state index is 0.166. The van der Waals surface area contributed by atoms with E-state index >= 15 is 0 Å². The Labute approximate surface area is 133 Å². The molecule has 0 amide bonds.